The van der Waals surface area contributed by atoms with E-state index in [1.54, 1.807) is 27.0 Å². The Morgan fingerprint density at radius 2 is 2.00 bits per heavy atom. The summed E-state index contributed by atoms with van der Waals surface area (Å²) < 4.78 is 20.2. The van der Waals surface area contributed by atoms with Crippen molar-refractivity contribution in [3.63, 3.8) is 0 Å². The topological polar surface area (TPSA) is 136 Å². The second kappa shape index (κ2) is 9.86. The van der Waals surface area contributed by atoms with Gasteiger partial charge >= 0.3 is 0 Å². The fraction of sp³-hybridized carbons (Fsp3) is 0.250. The van der Waals surface area contributed by atoms with Crippen LogP contribution in [0.5, 0.6) is 5.75 Å². The van der Waals surface area contributed by atoms with Crippen molar-refractivity contribution in [2.45, 2.75) is 32.6 Å². The number of rotatable bonds is 6. The zero-order valence-corrected chi connectivity index (χ0v) is 20.5. The second-order valence-corrected chi connectivity index (χ2v) is 8.72. The van der Waals surface area contributed by atoms with Crippen LogP contribution in [-0.4, -0.2) is 35.7 Å². The molecule has 1 amide bonds. The zero-order chi connectivity index (χ0) is 26.1. The van der Waals surface area contributed by atoms with Gasteiger partial charge < -0.3 is 14.9 Å². The Morgan fingerprint density at radius 3 is 2.69 bits per heavy atom. The highest BCUT2D eigenvalue weighted by molar-refractivity contribution is 6.31. The SMILES string of the molecule is Cc1cnc(C)c([C@@H](c2cc(F)ccc2Cl)[C@H](C)c2nc(C(=O)Nc3cnoc3)c(O)c(=O)n2C)n1. The summed E-state index contributed by atoms with van der Waals surface area (Å²) in [4.78, 5) is 39.1. The highest BCUT2D eigenvalue weighted by Gasteiger charge is 2.33. The fourth-order valence-electron chi connectivity index (χ4n) is 4.04. The van der Waals surface area contributed by atoms with Crippen molar-refractivity contribution in [1.29, 1.82) is 0 Å². The molecule has 0 radical (unpaired) electrons. The lowest BCUT2D eigenvalue weighted by atomic mass is 9.82. The van der Waals surface area contributed by atoms with Crippen LogP contribution in [0.25, 0.3) is 0 Å². The van der Waals surface area contributed by atoms with E-state index >= 15 is 0 Å². The van der Waals surface area contributed by atoms with Gasteiger partial charge in [0, 0.05) is 30.1 Å². The van der Waals surface area contributed by atoms with Crippen LogP contribution in [0, 0.1) is 19.7 Å². The molecule has 0 bridgehead atoms. The number of anilines is 1. The van der Waals surface area contributed by atoms with Crippen molar-refractivity contribution in [3.05, 3.63) is 92.2 Å². The molecule has 0 unspecified atom stereocenters. The Bertz CT molecular complexity index is 1450. The number of hydrogen-bond donors (Lipinski definition) is 2. The molecule has 2 atom stereocenters. The number of nitrogens with zero attached hydrogens (tertiary/aromatic N) is 5. The molecule has 10 nitrogen and oxygen atoms in total. The molecule has 2 N–H and O–H groups in total. The molecule has 0 saturated heterocycles. The van der Waals surface area contributed by atoms with Crippen LogP contribution in [0.15, 0.2) is 46.2 Å². The number of nitrogens with one attached hydrogen (secondary N) is 1. The summed E-state index contributed by atoms with van der Waals surface area (Å²) in [6, 6.07) is 3.97. The molecular formula is C24H22ClFN6O4. The Hall–Kier alpha value is -4.12. The summed E-state index contributed by atoms with van der Waals surface area (Å²) in [5.41, 5.74) is 1.01. The van der Waals surface area contributed by atoms with Crippen LogP contribution in [0.3, 0.4) is 0 Å². The minimum atomic E-state index is -0.839. The fourth-order valence-corrected chi connectivity index (χ4v) is 4.27. The van der Waals surface area contributed by atoms with E-state index in [0.29, 0.717) is 22.6 Å². The Balaban J connectivity index is 1.90. The minimum absolute atomic E-state index is 0.140. The van der Waals surface area contributed by atoms with Gasteiger partial charge in [-0.2, -0.15) is 0 Å². The van der Waals surface area contributed by atoms with Gasteiger partial charge in [0.25, 0.3) is 11.5 Å². The van der Waals surface area contributed by atoms with E-state index in [4.69, 9.17) is 11.6 Å². The number of hydrogen-bond acceptors (Lipinski definition) is 8. The van der Waals surface area contributed by atoms with E-state index in [1.807, 2.05) is 0 Å². The van der Waals surface area contributed by atoms with E-state index in [9.17, 15) is 19.1 Å². The quantitative estimate of drug-likeness (QED) is 0.397. The molecule has 36 heavy (non-hydrogen) atoms. The first kappa shape index (κ1) is 25.0. The van der Waals surface area contributed by atoms with Gasteiger partial charge in [-0.1, -0.05) is 23.7 Å². The predicted octanol–water partition coefficient (Wildman–Crippen LogP) is 3.86. The number of carbonyl (C=O) groups is 1. The first-order valence-electron chi connectivity index (χ1n) is 10.8. The summed E-state index contributed by atoms with van der Waals surface area (Å²) in [5, 5.41) is 16.7. The van der Waals surface area contributed by atoms with Gasteiger partial charge in [-0.3, -0.25) is 24.1 Å². The van der Waals surface area contributed by atoms with Gasteiger partial charge in [-0.05, 0) is 37.6 Å². The first-order chi connectivity index (χ1) is 17.1. The smallest absolute Gasteiger partial charge is 0.296 e. The summed E-state index contributed by atoms with van der Waals surface area (Å²) in [7, 11) is 1.42. The van der Waals surface area contributed by atoms with E-state index < -0.39 is 40.6 Å². The number of carbonyl (C=O) groups excluding carboxylic acids is 1. The normalized spacial score (nSPS) is 12.8. The maximum absolute atomic E-state index is 14.4. The van der Waals surface area contributed by atoms with Gasteiger partial charge in [0.2, 0.25) is 5.75 Å². The molecule has 186 valence electrons. The first-order valence-corrected chi connectivity index (χ1v) is 11.2. The van der Waals surface area contributed by atoms with Gasteiger partial charge in [0.05, 0.1) is 23.3 Å². The molecule has 0 fully saturated rings. The van der Waals surface area contributed by atoms with E-state index in [-0.39, 0.29) is 16.5 Å². The molecule has 4 rings (SSSR count). The van der Waals surface area contributed by atoms with Crippen LogP contribution >= 0.6 is 11.6 Å². The van der Waals surface area contributed by atoms with Crippen molar-refractivity contribution in [2.24, 2.45) is 7.05 Å². The Labute approximate surface area is 209 Å². The third-order valence-corrected chi connectivity index (χ3v) is 6.16. The molecule has 3 heterocycles. The maximum atomic E-state index is 14.4. The second-order valence-electron chi connectivity index (χ2n) is 8.31. The molecule has 0 aliphatic rings. The predicted molar refractivity (Wildman–Crippen MR) is 129 cm³/mol. The lowest BCUT2D eigenvalue weighted by Crippen LogP contribution is -2.30. The summed E-state index contributed by atoms with van der Waals surface area (Å²) in [6.45, 7) is 5.28. The molecule has 0 saturated carbocycles. The number of aromatic hydroxyl groups is 1. The third kappa shape index (κ3) is 4.69. The Morgan fingerprint density at radius 1 is 1.25 bits per heavy atom. The van der Waals surface area contributed by atoms with Crippen LogP contribution in [0.4, 0.5) is 10.1 Å². The zero-order valence-electron chi connectivity index (χ0n) is 19.8. The number of benzene rings is 1. The number of aromatic nitrogens is 5. The lowest BCUT2D eigenvalue weighted by Gasteiger charge is -2.27. The number of halogens is 2. The van der Waals surface area contributed by atoms with Crippen LogP contribution in [0.1, 0.15) is 57.7 Å². The molecule has 0 aliphatic heterocycles. The average molecular weight is 513 g/mol. The third-order valence-electron chi connectivity index (χ3n) is 5.81. The van der Waals surface area contributed by atoms with E-state index in [2.05, 4.69) is 29.9 Å². The van der Waals surface area contributed by atoms with E-state index in [1.165, 1.54) is 37.7 Å². The molecule has 3 aromatic heterocycles. The van der Waals surface area contributed by atoms with Gasteiger partial charge in [0.15, 0.2) is 5.69 Å². The number of amides is 1. The van der Waals surface area contributed by atoms with Crippen LogP contribution < -0.4 is 10.9 Å². The lowest BCUT2D eigenvalue weighted by molar-refractivity contribution is 0.101. The van der Waals surface area contributed by atoms with Gasteiger partial charge in [-0.25, -0.2) is 9.37 Å². The van der Waals surface area contributed by atoms with Crippen LogP contribution in [0.2, 0.25) is 5.02 Å². The number of aryl methyl sites for hydroxylation is 2. The van der Waals surface area contributed by atoms with Crippen molar-refractivity contribution >= 4 is 23.2 Å². The molecule has 12 heteroatoms. The maximum Gasteiger partial charge on any atom is 0.296 e. The molecule has 1 aromatic carbocycles. The van der Waals surface area contributed by atoms with Crippen LogP contribution in [-0.2, 0) is 7.05 Å². The van der Waals surface area contributed by atoms with Crippen molar-refractivity contribution in [2.75, 3.05) is 5.32 Å². The summed E-state index contributed by atoms with van der Waals surface area (Å²) >= 11 is 6.50. The van der Waals surface area contributed by atoms with Crippen molar-refractivity contribution < 1.29 is 18.8 Å². The van der Waals surface area contributed by atoms with E-state index in [0.717, 1.165) is 4.57 Å². The molecule has 0 aliphatic carbocycles. The Kier molecular flexibility index (Phi) is 6.84. The van der Waals surface area contributed by atoms with Crippen molar-refractivity contribution in [3.8, 4) is 5.75 Å². The highest BCUT2D eigenvalue weighted by Crippen LogP contribution is 2.41. The molecular weight excluding hydrogens is 491 g/mol. The largest absolute Gasteiger partial charge is 0.501 e. The highest BCUT2D eigenvalue weighted by atomic mass is 35.5. The standard InChI is InChI=1S/C24H22ClFN6O4/c1-11-8-27-13(3)19(29-11)18(16-7-14(26)5-6-17(16)25)12(2)22-31-20(21(33)24(35)32(22)4)23(34)30-15-9-28-36-10-15/h5-10,12,18,33H,1-4H3,(H,30,34)/t12-,18+/m0/s1. The van der Waals surface area contributed by atoms with Gasteiger partial charge in [-0.15, -0.1) is 0 Å². The van der Waals surface area contributed by atoms with Gasteiger partial charge in [0.1, 0.15) is 23.6 Å². The minimum Gasteiger partial charge on any atom is -0.501 e. The monoisotopic (exact) mass is 512 g/mol. The molecule has 4 aromatic rings. The van der Waals surface area contributed by atoms with Crippen molar-refractivity contribution in [1.82, 2.24) is 24.7 Å². The summed E-state index contributed by atoms with van der Waals surface area (Å²) in [5.74, 6) is -3.40. The average Bonchev–Trinajstić information content (AvgIpc) is 3.35. The summed E-state index contributed by atoms with van der Waals surface area (Å²) in [6.07, 6.45) is 4.04. The molecule has 0 spiro atoms.